The third kappa shape index (κ3) is 5.68. The number of halogens is 5. The van der Waals surface area contributed by atoms with Crippen molar-refractivity contribution < 1.29 is 28.2 Å². The monoisotopic (exact) mass is 296 g/mol. The Morgan fingerprint density at radius 2 is 1.65 bits per heavy atom. The molecule has 0 aromatic carbocycles. The van der Waals surface area contributed by atoms with Gasteiger partial charge in [0.2, 0.25) is 4.33 Å². The molecule has 0 saturated heterocycles. The van der Waals surface area contributed by atoms with E-state index in [1.807, 2.05) is 13.8 Å². The number of carboxylic acid groups (broad SMARTS) is 2. The van der Waals surface area contributed by atoms with Gasteiger partial charge in [0, 0.05) is 0 Å². The Bertz CT molecular complexity index is 286. The molecule has 1 fully saturated rings. The molecule has 0 aromatic rings. The number of alkyl halides is 5. The summed E-state index contributed by atoms with van der Waals surface area (Å²) in [5.74, 6) is -0.0101. The fraction of sp³-hybridized carbons (Fsp3) is 0.889. The lowest BCUT2D eigenvalue weighted by Crippen LogP contribution is -2.34. The van der Waals surface area contributed by atoms with Gasteiger partial charge < -0.3 is 10.2 Å². The maximum absolute atomic E-state index is 12.2. The summed E-state index contributed by atoms with van der Waals surface area (Å²) < 4.78 is 34.1. The molecular weight excluding hydrogens is 284 g/mol. The Kier molecular flexibility index (Phi) is 4.99. The Labute approximate surface area is 107 Å². The van der Waals surface area contributed by atoms with Gasteiger partial charge in [0.15, 0.2) is 0 Å². The first-order valence-corrected chi connectivity index (χ1v) is 5.41. The lowest BCUT2D eigenvalue weighted by Gasteiger charge is -2.23. The van der Waals surface area contributed by atoms with Crippen molar-refractivity contribution in [3.8, 4) is 0 Å². The van der Waals surface area contributed by atoms with Gasteiger partial charge in [0.25, 0.3) is 0 Å². The summed E-state index contributed by atoms with van der Waals surface area (Å²) in [6, 6.07) is 0. The second kappa shape index (κ2) is 5.10. The molecule has 2 N–H and O–H groups in total. The molecule has 1 atom stereocenters. The first-order valence-electron chi connectivity index (χ1n) is 4.66. The second-order valence-electron chi connectivity index (χ2n) is 4.58. The predicted molar refractivity (Wildman–Crippen MR) is 57.7 cm³/mol. The van der Waals surface area contributed by atoms with Crippen LogP contribution in [0.3, 0.4) is 0 Å². The molecule has 1 saturated carbocycles. The first kappa shape index (κ1) is 16.6. The summed E-state index contributed by atoms with van der Waals surface area (Å²) in [5, 5.41) is 13.9. The molecule has 0 radical (unpaired) electrons. The molecule has 0 bridgehead atoms. The molecule has 1 aliphatic carbocycles. The van der Waals surface area contributed by atoms with Crippen LogP contribution in [0.5, 0.6) is 0 Å². The van der Waals surface area contributed by atoms with E-state index in [0.717, 1.165) is 6.42 Å². The van der Waals surface area contributed by atoms with Gasteiger partial charge >= 0.3 is 12.3 Å². The second-order valence-corrected chi connectivity index (χ2v) is 6.06. The minimum Gasteiger partial charge on any atom is -0.450 e. The van der Waals surface area contributed by atoms with Crippen molar-refractivity contribution >= 4 is 29.4 Å². The molecule has 0 spiro atoms. The fourth-order valence-electron chi connectivity index (χ4n) is 1.35. The molecule has 1 unspecified atom stereocenters. The van der Waals surface area contributed by atoms with E-state index in [2.05, 4.69) is 0 Å². The third-order valence-corrected chi connectivity index (χ3v) is 3.37. The van der Waals surface area contributed by atoms with Crippen molar-refractivity contribution in [3.63, 3.8) is 0 Å². The van der Waals surface area contributed by atoms with E-state index in [1.54, 1.807) is 0 Å². The van der Waals surface area contributed by atoms with Gasteiger partial charge in [-0.25, -0.2) is 4.79 Å². The zero-order valence-corrected chi connectivity index (χ0v) is 10.7. The van der Waals surface area contributed by atoms with Crippen molar-refractivity contribution in [1.82, 2.24) is 0 Å². The van der Waals surface area contributed by atoms with E-state index >= 15 is 0 Å². The Balaban J connectivity index is 0.000000557. The molecule has 17 heavy (non-hydrogen) atoms. The SMILES string of the molecule is CC1(C)CC1CC(Cl)(Cl)C(F)(F)F.O=C(O)O. The van der Waals surface area contributed by atoms with Crippen molar-refractivity contribution in [2.75, 3.05) is 0 Å². The summed E-state index contributed by atoms with van der Waals surface area (Å²) in [6.07, 6.45) is -5.80. The summed E-state index contributed by atoms with van der Waals surface area (Å²) in [4.78, 5) is 8.56. The minimum atomic E-state index is -4.53. The highest BCUT2D eigenvalue weighted by molar-refractivity contribution is 6.49. The van der Waals surface area contributed by atoms with Crippen LogP contribution in [0.4, 0.5) is 18.0 Å². The van der Waals surface area contributed by atoms with Crippen molar-refractivity contribution in [2.45, 2.75) is 37.2 Å². The maximum Gasteiger partial charge on any atom is 0.503 e. The van der Waals surface area contributed by atoms with Gasteiger partial charge in [-0.05, 0) is 24.2 Å². The third-order valence-electron chi connectivity index (χ3n) is 2.64. The lowest BCUT2D eigenvalue weighted by molar-refractivity contribution is -0.144. The van der Waals surface area contributed by atoms with Gasteiger partial charge in [0.1, 0.15) is 0 Å². The van der Waals surface area contributed by atoms with E-state index in [0.29, 0.717) is 0 Å². The summed E-state index contributed by atoms with van der Waals surface area (Å²) >= 11 is 10.4. The quantitative estimate of drug-likeness (QED) is 0.743. The molecular formula is C9H13Cl2F3O3. The fourth-order valence-corrected chi connectivity index (χ4v) is 1.72. The van der Waals surface area contributed by atoms with Crippen LogP contribution in [-0.4, -0.2) is 26.9 Å². The first-order chi connectivity index (χ1) is 7.29. The smallest absolute Gasteiger partial charge is 0.450 e. The summed E-state index contributed by atoms with van der Waals surface area (Å²) in [6.45, 7) is 3.83. The molecule has 0 aliphatic heterocycles. The van der Waals surface area contributed by atoms with E-state index in [-0.39, 0.29) is 17.8 Å². The van der Waals surface area contributed by atoms with Crippen LogP contribution in [-0.2, 0) is 0 Å². The highest BCUT2D eigenvalue weighted by Gasteiger charge is 2.58. The van der Waals surface area contributed by atoms with Crippen LogP contribution in [0.15, 0.2) is 0 Å². The number of hydrogen-bond acceptors (Lipinski definition) is 1. The van der Waals surface area contributed by atoms with Gasteiger partial charge in [0.05, 0.1) is 0 Å². The summed E-state index contributed by atoms with van der Waals surface area (Å²) in [5.41, 5.74) is -0.0275. The van der Waals surface area contributed by atoms with Crippen molar-refractivity contribution in [1.29, 1.82) is 0 Å². The average Bonchev–Trinajstić information content (AvgIpc) is 2.52. The minimum absolute atomic E-state index is 0.0101. The molecule has 102 valence electrons. The Morgan fingerprint density at radius 3 is 1.82 bits per heavy atom. The van der Waals surface area contributed by atoms with E-state index in [9.17, 15) is 13.2 Å². The topological polar surface area (TPSA) is 57.5 Å². The van der Waals surface area contributed by atoms with Crippen LogP contribution >= 0.6 is 23.2 Å². The maximum atomic E-state index is 12.2. The van der Waals surface area contributed by atoms with Gasteiger partial charge in [-0.2, -0.15) is 13.2 Å². The molecule has 1 aliphatic rings. The van der Waals surface area contributed by atoms with Crippen LogP contribution in [0.2, 0.25) is 0 Å². The Morgan fingerprint density at radius 1 is 1.35 bits per heavy atom. The van der Waals surface area contributed by atoms with Crippen molar-refractivity contribution in [2.24, 2.45) is 11.3 Å². The van der Waals surface area contributed by atoms with Gasteiger partial charge in [-0.3, -0.25) is 0 Å². The predicted octanol–water partition coefficient (Wildman–Crippen LogP) is 4.38. The van der Waals surface area contributed by atoms with E-state index < -0.39 is 16.7 Å². The van der Waals surface area contributed by atoms with Gasteiger partial charge in [-0.15, -0.1) is 0 Å². The van der Waals surface area contributed by atoms with Crippen LogP contribution in [0, 0.1) is 11.3 Å². The zero-order valence-electron chi connectivity index (χ0n) is 9.18. The molecule has 0 heterocycles. The molecule has 3 nitrogen and oxygen atoms in total. The van der Waals surface area contributed by atoms with Crippen molar-refractivity contribution in [3.05, 3.63) is 0 Å². The number of rotatable bonds is 2. The largest absolute Gasteiger partial charge is 0.503 e. The average molecular weight is 297 g/mol. The van der Waals surface area contributed by atoms with Crippen LogP contribution < -0.4 is 0 Å². The van der Waals surface area contributed by atoms with Gasteiger partial charge in [-0.1, -0.05) is 37.0 Å². The van der Waals surface area contributed by atoms with E-state index in [4.69, 9.17) is 38.2 Å². The number of carbonyl (C=O) groups is 1. The highest BCUT2D eigenvalue weighted by Crippen LogP contribution is 2.59. The molecule has 0 aromatic heterocycles. The van der Waals surface area contributed by atoms with Crippen LogP contribution in [0.1, 0.15) is 26.7 Å². The van der Waals surface area contributed by atoms with Crippen LogP contribution in [0.25, 0.3) is 0 Å². The molecule has 1 rings (SSSR count). The zero-order chi connectivity index (χ0) is 14.1. The molecule has 0 amide bonds. The standard InChI is InChI=1S/C8H11Cl2F3.CH2O3/c1-6(2)3-5(6)4-7(9,10)8(11,12)13;2-1(3)4/h5H,3-4H2,1-2H3;(H2,2,3,4). The van der Waals surface area contributed by atoms with E-state index in [1.165, 1.54) is 0 Å². The Hall–Kier alpha value is -0.360. The lowest BCUT2D eigenvalue weighted by atomic mass is 10.1. The molecule has 8 heteroatoms. The number of hydrogen-bond donors (Lipinski definition) is 2. The normalized spacial score (nSPS) is 22.4. The highest BCUT2D eigenvalue weighted by atomic mass is 35.5. The summed E-state index contributed by atoms with van der Waals surface area (Å²) in [7, 11) is 0.